The SMILES string of the molecule is CC(=Cc1cc(Cl)ccc1Br)CNCC(C)C. The molecule has 0 saturated carbocycles. The molecular weight excluding hydrogens is 298 g/mol. The van der Waals surface area contributed by atoms with Gasteiger partial charge in [-0.05, 0) is 43.1 Å². The zero-order chi connectivity index (χ0) is 12.8. The Balaban J connectivity index is 2.63. The summed E-state index contributed by atoms with van der Waals surface area (Å²) in [4.78, 5) is 0. The quantitative estimate of drug-likeness (QED) is 0.826. The molecule has 1 aromatic carbocycles. The first kappa shape index (κ1) is 14.7. The van der Waals surface area contributed by atoms with Crippen LogP contribution >= 0.6 is 27.5 Å². The third kappa shape index (κ3) is 5.71. The van der Waals surface area contributed by atoms with E-state index in [4.69, 9.17) is 11.6 Å². The third-order valence-corrected chi connectivity index (χ3v) is 3.27. The van der Waals surface area contributed by atoms with E-state index in [1.54, 1.807) is 0 Å². The van der Waals surface area contributed by atoms with Gasteiger partial charge in [0.05, 0.1) is 0 Å². The van der Waals surface area contributed by atoms with Crippen LogP contribution in [0.2, 0.25) is 5.02 Å². The predicted octanol–water partition coefficient (Wildman–Crippen LogP) is 4.75. The minimum Gasteiger partial charge on any atom is -0.313 e. The molecule has 1 nitrogen and oxygen atoms in total. The number of rotatable bonds is 5. The summed E-state index contributed by atoms with van der Waals surface area (Å²) >= 11 is 9.51. The van der Waals surface area contributed by atoms with Gasteiger partial charge in [-0.1, -0.05) is 53.0 Å². The lowest BCUT2D eigenvalue weighted by molar-refractivity contribution is 0.572. The molecule has 0 radical (unpaired) electrons. The zero-order valence-electron chi connectivity index (χ0n) is 10.6. The van der Waals surface area contributed by atoms with Gasteiger partial charge in [0.1, 0.15) is 0 Å². The maximum absolute atomic E-state index is 5.98. The van der Waals surface area contributed by atoms with E-state index >= 15 is 0 Å². The lowest BCUT2D eigenvalue weighted by Crippen LogP contribution is -2.21. The fourth-order valence-electron chi connectivity index (χ4n) is 1.50. The van der Waals surface area contributed by atoms with Crippen molar-refractivity contribution in [3.63, 3.8) is 0 Å². The Morgan fingerprint density at radius 2 is 2.18 bits per heavy atom. The molecule has 0 saturated heterocycles. The van der Waals surface area contributed by atoms with Crippen LogP contribution < -0.4 is 5.32 Å². The molecule has 1 aromatic rings. The smallest absolute Gasteiger partial charge is 0.0412 e. The summed E-state index contributed by atoms with van der Waals surface area (Å²) in [5.74, 6) is 0.681. The molecule has 1 rings (SSSR count). The van der Waals surface area contributed by atoms with E-state index in [2.05, 4.69) is 48.1 Å². The molecule has 0 spiro atoms. The molecule has 17 heavy (non-hydrogen) atoms. The largest absolute Gasteiger partial charge is 0.313 e. The van der Waals surface area contributed by atoms with Crippen molar-refractivity contribution in [2.24, 2.45) is 5.92 Å². The molecule has 0 aliphatic rings. The van der Waals surface area contributed by atoms with Crippen molar-refractivity contribution in [1.82, 2.24) is 5.32 Å². The molecule has 1 N–H and O–H groups in total. The Morgan fingerprint density at radius 1 is 1.47 bits per heavy atom. The second-order valence-corrected chi connectivity index (χ2v) is 5.97. The van der Waals surface area contributed by atoms with Crippen LogP contribution in [0.25, 0.3) is 6.08 Å². The predicted molar refractivity (Wildman–Crippen MR) is 80.5 cm³/mol. The average molecular weight is 317 g/mol. The topological polar surface area (TPSA) is 12.0 Å². The highest BCUT2D eigenvalue weighted by atomic mass is 79.9. The highest BCUT2D eigenvalue weighted by molar-refractivity contribution is 9.10. The summed E-state index contributed by atoms with van der Waals surface area (Å²) in [5, 5.41) is 4.19. The fourth-order valence-corrected chi connectivity index (χ4v) is 2.04. The lowest BCUT2D eigenvalue weighted by Gasteiger charge is -2.08. The van der Waals surface area contributed by atoms with Crippen LogP contribution in [-0.4, -0.2) is 13.1 Å². The molecule has 0 unspecified atom stereocenters. The third-order valence-electron chi connectivity index (χ3n) is 2.32. The molecule has 0 atom stereocenters. The van der Waals surface area contributed by atoms with Crippen molar-refractivity contribution in [2.45, 2.75) is 20.8 Å². The first-order valence-electron chi connectivity index (χ1n) is 5.82. The van der Waals surface area contributed by atoms with Crippen LogP contribution in [0.5, 0.6) is 0 Å². The Kier molecular flexibility index (Phi) is 6.24. The second-order valence-electron chi connectivity index (χ2n) is 4.68. The van der Waals surface area contributed by atoms with E-state index < -0.39 is 0 Å². The van der Waals surface area contributed by atoms with E-state index in [0.717, 1.165) is 28.1 Å². The van der Waals surface area contributed by atoms with E-state index in [9.17, 15) is 0 Å². The van der Waals surface area contributed by atoms with Gasteiger partial charge in [-0.25, -0.2) is 0 Å². The molecule has 3 heteroatoms. The van der Waals surface area contributed by atoms with Crippen LogP contribution in [-0.2, 0) is 0 Å². The van der Waals surface area contributed by atoms with Gasteiger partial charge < -0.3 is 5.32 Å². The summed E-state index contributed by atoms with van der Waals surface area (Å²) in [7, 11) is 0. The van der Waals surface area contributed by atoms with Gasteiger partial charge in [0.15, 0.2) is 0 Å². The van der Waals surface area contributed by atoms with Crippen LogP contribution in [0.15, 0.2) is 28.2 Å². The minimum absolute atomic E-state index is 0.681. The Morgan fingerprint density at radius 3 is 2.82 bits per heavy atom. The molecule has 94 valence electrons. The summed E-state index contributed by atoms with van der Waals surface area (Å²) in [6, 6.07) is 5.83. The van der Waals surface area contributed by atoms with Gasteiger partial charge >= 0.3 is 0 Å². The van der Waals surface area contributed by atoms with Crippen molar-refractivity contribution < 1.29 is 0 Å². The van der Waals surface area contributed by atoms with Crippen LogP contribution in [0, 0.1) is 5.92 Å². The van der Waals surface area contributed by atoms with E-state index in [1.807, 2.05) is 18.2 Å². The monoisotopic (exact) mass is 315 g/mol. The standard InChI is InChI=1S/C14H19BrClN/c1-10(2)8-17-9-11(3)6-12-7-13(16)4-5-14(12)15/h4-7,10,17H,8-9H2,1-3H3. The molecule has 0 fully saturated rings. The molecule has 0 aliphatic carbocycles. The fraction of sp³-hybridized carbons (Fsp3) is 0.429. The Bertz CT molecular complexity index is 399. The lowest BCUT2D eigenvalue weighted by atomic mass is 10.1. The number of hydrogen-bond acceptors (Lipinski definition) is 1. The van der Waals surface area contributed by atoms with Crippen molar-refractivity contribution in [3.8, 4) is 0 Å². The van der Waals surface area contributed by atoms with Gasteiger partial charge in [0.25, 0.3) is 0 Å². The molecular formula is C14H19BrClN. The number of benzene rings is 1. The van der Waals surface area contributed by atoms with Crippen molar-refractivity contribution in [2.75, 3.05) is 13.1 Å². The molecule has 0 aromatic heterocycles. The van der Waals surface area contributed by atoms with Crippen LogP contribution in [0.4, 0.5) is 0 Å². The van der Waals surface area contributed by atoms with Gasteiger partial charge in [-0.15, -0.1) is 0 Å². The maximum atomic E-state index is 5.98. The molecule has 0 aliphatic heterocycles. The summed E-state index contributed by atoms with van der Waals surface area (Å²) in [6.07, 6.45) is 2.16. The normalized spacial score (nSPS) is 12.2. The van der Waals surface area contributed by atoms with E-state index in [1.165, 1.54) is 5.57 Å². The van der Waals surface area contributed by atoms with Gasteiger partial charge in [0.2, 0.25) is 0 Å². The van der Waals surface area contributed by atoms with Gasteiger partial charge in [-0.3, -0.25) is 0 Å². The number of halogens is 2. The zero-order valence-corrected chi connectivity index (χ0v) is 12.9. The highest BCUT2D eigenvalue weighted by Crippen LogP contribution is 2.23. The van der Waals surface area contributed by atoms with Gasteiger partial charge in [0, 0.05) is 16.0 Å². The first-order valence-corrected chi connectivity index (χ1v) is 6.99. The number of hydrogen-bond donors (Lipinski definition) is 1. The summed E-state index contributed by atoms with van der Waals surface area (Å²) in [5.41, 5.74) is 2.43. The number of nitrogens with one attached hydrogen (secondary N) is 1. The average Bonchev–Trinajstić information content (AvgIpc) is 2.23. The highest BCUT2D eigenvalue weighted by Gasteiger charge is 1.99. The summed E-state index contributed by atoms with van der Waals surface area (Å²) < 4.78 is 1.07. The van der Waals surface area contributed by atoms with Crippen molar-refractivity contribution >= 4 is 33.6 Å². The van der Waals surface area contributed by atoms with Crippen LogP contribution in [0.1, 0.15) is 26.3 Å². The van der Waals surface area contributed by atoms with Gasteiger partial charge in [-0.2, -0.15) is 0 Å². The van der Waals surface area contributed by atoms with Crippen molar-refractivity contribution in [1.29, 1.82) is 0 Å². The molecule has 0 bridgehead atoms. The summed E-state index contributed by atoms with van der Waals surface area (Å²) in [6.45, 7) is 8.50. The van der Waals surface area contributed by atoms with Crippen molar-refractivity contribution in [3.05, 3.63) is 38.8 Å². The second kappa shape index (κ2) is 7.20. The van der Waals surface area contributed by atoms with E-state index in [0.29, 0.717) is 5.92 Å². The van der Waals surface area contributed by atoms with E-state index in [-0.39, 0.29) is 0 Å². The molecule has 0 amide bonds. The molecule has 0 heterocycles. The maximum Gasteiger partial charge on any atom is 0.0412 e. The first-order chi connectivity index (χ1) is 7.99. The Hall–Kier alpha value is -0.310. The minimum atomic E-state index is 0.681. The van der Waals surface area contributed by atoms with Crippen LogP contribution in [0.3, 0.4) is 0 Å². The Labute approximate surface area is 117 Å².